The number of rotatable bonds is 5. The van der Waals surface area contributed by atoms with Crippen LogP contribution < -0.4 is 10.1 Å². The van der Waals surface area contributed by atoms with Gasteiger partial charge in [0.1, 0.15) is 11.6 Å². The molecular weight excluding hydrogens is 257 g/mol. The first-order chi connectivity index (χ1) is 9.56. The predicted molar refractivity (Wildman–Crippen MR) is 78.9 cm³/mol. The first-order valence-corrected chi connectivity index (χ1v) is 7.39. The van der Waals surface area contributed by atoms with Gasteiger partial charge in [0.05, 0.1) is 17.9 Å². The summed E-state index contributed by atoms with van der Waals surface area (Å²) < 4.78 is 24.7. The van der Waals surface area contributed by atoms with E-state index in [0.717, 1.165) is 31.6 Å². The van der Waals surface area contributed by atoms with E-state index in [1.807, 2.05) is 6.92 Å². The summed E-state index contributed by atoms with van der Waals surface area (Å²) in [7, 11) is 0. The van der Waals surface area contributed by atoms with Crippen molar-refractivity contribution < 1.29 is 13.9 Å². The van der Waals surface area contributed by atoms with Crippen molar-refractivity contribution in [2.45, 2.75) is 51.7 Å². The number of hydrogen-bond acceptors (Lipinski definition) is 3. The zero-order chi connectivity index (χ0) is 14.6. The molecular formula is C16H24FNO2. The summed E-state index contributed by atoms with van der Waals surface area (Å²) in [5, 5.41) is 3.48. The Labute approximate surface area is 120 Å². The van der Waals surface area contributed by atoms with Gasteiger partial charge in [0.2, 0.25) is 0 Å². The van der Waals surface area contributed by atoms with E-state index >= 15 is 0 Å². The second-order valence-electron chi connectivity index (χ2n) is 5.56. The van der Waals surface area contributed by atoms with Crippen LogP contribution in [0.3, 0.4) is 0 Å². The van der Waals surface area contributed by atoms with Gasteiger partial charge in [-0.15, -0.1) is 0 Å². The molecule has 2 rings (SSSR count). The van der Waals surface area contributed by atoms with E-state index in [-0.39, 0.29) is 11.4 Å². The quantitative estimate of drug-likeness (QED) is 0.885. The van der Waals surface area contributed by atoms with Crippen LogP contribution in [0.2, 0.25) is 0 Å². The first kappa shape index (κ1) is 15.1. The molecule has 3 nitrogen and oxygen atoms in total. The van der Waals surface area contributed by atoms with E-state index in [2.05, 4.69) is 19.2 Å². The van der Waals surface area contributed by atoms with Crippen molar-refractivity contribution in [3.63, 3.8) is 0 Å². The SMILES string of the molecule is CCOc1cc(F)ccc1NC1CCOC(C)(CC)C1. The summed E-state index contributed by atoms with van der Waals surface area (Å²) in [5.74, 6) is 0.307. The van der Waals surface area contributed by atoms with Gasteiger partial charge in [-0.05, 0) is 45.2 Å². The summed E-state index contributed by atoms with van der Waals surface area (Å²) in [6, 6.07) is 4.98. The van der Waals surface area contributed by atoms with Crippen LogP contribution >= 0.6 is 0 Å². The topological polar surface area (TPSA) is 30.5 Å². The van der Waals surface area contributed by atoms with Crippen LogP contribution in [0.25, 0.3) is 0 Å². The lowest BCUT2D eigenvalue weighted by Gasteiger charge is -2.38. The van der Waals surface area contributed by atoms with Gasteiger partial charge in [0.25, 0.3) is 0 Å². The molecule has 112 valence electrons. The summed E-state index contributed by atoms with van der Waals surface area (Å²) in [5.41, 5.74) is 0.792. The van der Waals surface area contributed by atoms with Gasteiger partial charge in [-0.1, -0.05) is 6.92 Å². The zero-order valence-electron chi connectivity index (χ0n) is 12.5. The molecule has 1 heterocycles. The van der Waals surface area contributed by atoms with Gasteiger partial charge >= 0.3 is 0 Å². The van der Waals surface area contributed by atoms with Crippen LogP contribution in [0.5, 0.6) is 5.75 Å². The minimum atomic E-state index is -0.274. The van der Waals surface area contributed by atoms with Crippen LogP contribution in [0, 0.1) is 5.82 Å². The Bertz CT molecular complexity index is 452. The second kappa shape index (κ2) is 6.44. The summed E-state index contributed by atoms with van der Waals surface area (Å²) in [4.78, 5) is 0. The molecule has 1 aliphatic heterocycles. The van der Waals surface area contributed by atoms with Gasteiger partial charge in [-0.25, -0.2) is 4.39 Å². The predicted octanol–water partition coefficient (Wildman–Crippen LogP) is 3.98. The standard InChI is InChI=1S/C16H24FNO2/c1-4-16(3)11-13(8-9-20-16)18-14-7-6-12(17)10-15(14)19-5-2/h6-7,10,13,18H,4-5,8-9,11H2,1-3H3. The van der Waals surface area contributed by atoms with Gasteiger partial charge in [-0.2, -0.15) is 0 Å². The third-order valence-corrected chi connectivity index (χ3v) is 3.95. The molecule has 1 saturated heterocycles. The fraction of sp³-hybridized carbons (Fsp3) is 0.625. The van der Waals surface area contributed by atoms with Crippen molar-refractivity contribution in [2.75, 3.05) is 18.5 Å². The molecule has 4 heteroatoms. The van der Waals surface area contributed by atoms with Crippen LogP contribution in [-0.4, -0.2) is 24.9 Å². The minimum Gasteiger partial charge on any atom is -0.492 e. The molecule has 20 heavy (non-hydrogen) atoms. The van der Waals surface area contributed by atoms with E-state index in [1.54, 1.807) is 6.07 Å². The Morgan fingerprint density at radius 3 is 2.95 bits per heavy atom. The third-order valence-electron chi connectivity index (χ3n) is 3.95. The lowest BCUT2D eigenvalue weighted by atomic mass is 9.90. The Kier molecular flexibility index (Phi) is 4.86. The molecule has 0 aliphatic carbocycles. The molecule has 0 bridgehead atoms. The van der Waals surface area contributed by atoms with Crippen molar-refractivity contribution in [3.8, 4) is 5.75 Å². The molecule has 0 saturated carbocycles. The molecule has 2 atom stereocenters. The van der Waals surface area contributed by atoms with Crippen LogP contribution in [0.4, 0.5) is 10.1 Å². The van der Waals surface area contributed by atoms with Gasteiger partial charge < -0.3 is 14.8 Å². The van der Waals surface area contributed by atoms with Crippen LogP contribution in [0.1, 0.15) is 40.0 Å². The number of ether oxygens (including phenoxy) is 2. The number of nitrogens with one attached hydrogen (secondary N) is 1. The normalized spacial score (nSPS) is 26.3. The Balaban J connectivity index is 2.09. The van der Waals surface area contributed by atoms with Crippen molar-refractivity contribution in [1.29, 1.82) is 0 Å². The van der Waals surface area contributed by atoms with E-state index in [0.29, 0.717) is 18.4 Å². The molecule has 0 radical (unpaired) electrons. The summed E-state index contributed by atoms with van der Waals surface area (Å²) in [6.07, 6.45) is 2.90. The van der Waals surface area contributed by atoms with Crippen molar-refractivity contribution in [3.05, 3.63) is 24.0 Å². The van der Waals surface area contributed by atoms with E-state index in [1.165, 1.54) is 12.1 Å². The Morgan fingerprint density at radius 2 is 2.25 bits per heavy atom. The fourth-order valence-corrected chi connectivity index (χ4v) is 2.61. The molecule has 1 aliphatic rings. The highest BCUT2D eigenvalue weighted by Crippen LogP contribution is 2.32. The summed E-state index contributed by atoms with van der Waals surface area (Å²) in [6.45, 7) is 7.48. The molecule has 2 unspecified atom stereocenters. The molecule has 0 aromatic heterocycles. The van der Waals surface area contributed by atoms with Gasteiger partial charge in [0.15, 0.2) is 0 Å². The molecule has 0 amide bonds. The van der Waals surface area contributed by atoms with Gasteiger partial charge in [-0.3, -0.25) is 0 Å². The highest BCUT2D eigenvalue weighted by molar-refractivity contribution is 5.57. The molecule has 1 aromatic carbocycles. The molecule has 1 aromatic rings. The third kappa shape index (κ3) is 3.63. The maximum atomic E-state index is 13.3. The number of anilines is 1. The molecule has 0 spiro atoms. The lowest BCUT2D eigenvalue weighted by Crippen LogP contribution is -2.41. The smallest absolute Gasteiger partial charge is 0.145 e. The fourth-order valence-electron chi connectivity index (χ4n) is 2.61. The van der Waals surface area contributed by atoms with Crippen molar-refractivity contribution in [2.24, 2.45) is 0 Å². The van der Waals surface area contributed by atoms with Crippen molar-refractivity contribution in [1.82, 2.24) is 0 Å². The average molecular weight is 281 g/mol. The van der Waals surface area contributed by atoms with Crippen LogP contribution in [-0.2, 0) is 4.74 Å². The lowest BCUT2D eigenvalue weighted by molar-refractivity contribution is -0.0709. The van der Waals surface area contributed by atoms with Crippen LogP contribution in [0.15, 0.2) is 18.2 Å². The highest BCUT2D eigenvalue weighted by Gasteiger charge is 2.31. The largest absolute Gasteiger partial charge is 0.492 e. The maximum absolute atomic E-state index is 13.3. The zero-order valence-corrected chi connectivity index (χ0v) is 12.5. The number of hydrogen-bond donors (Lipinski definition) is 1. The maximum Gasteiger partial charge on any atom is 0.145 e. The van der Waals surface area contributed by atoms with E-state index in [9.17, 15) is 4.39 Å². The monoisotopic (exact) mass is 281 g/mol. The Hall–Kier alpha value is -1.29. The Morgan fingerprint density at radius 1 is 1.45 bits per heavy atom. The summed E-state index contributed by atoms with van der Waals surface area (Å²) >= 11 is 0. The van der Waals surface area contributed by atoms with Crippen molar-refractivity contribution >= 4 is 5.69 Å². The highest BCUT2D eigenvalue weighted by atomic mass is 19.1. The average Bonchev–Trinajstić information content (AvgIpc) is 2.42. The second-order valence-corrected chi connectivity index (χ2v) is 5.56. The molecule has 1 N–H and O–H groups in total. The first-order valence-electron chi connectivity index (χ1n) is 7.39. The number of halogens is 1. The van der Waals surface area contributed by atoms with E-state index in [4.69, 9.17) is 9.47 Å². The van der Waals surface area contributed by atoms with E-state index < -0.39 is 0 Å². The van der Waals surface area contributed by atoms with Gasteiger partial charge in [0, 0.05) is 18.7 Å². The minimum absolute atomic E-state index is 0.0677. The number of benzene rings is 1. The molecule has 1 fully saturated rings.